The second-order valence-corrected chi connectivity index (χ2v) is 7.05. The second kappa shape index (κ2) is 4.68. The van der Waals surface area contributed by atoms with Crippen LogP contribution in [0.25, 0.3) is 0 Å². The number of nitrogens with zero attached hydrogens (tertiary/aromatic N) is 1. The Hall–Kier alpha value is -0.280. The number of nitrogens with two attached hydrogens (primary N) is 1. The zero-order chi connectivity index (χ0) is 13.0. The predicted octanol–water partition coefficient (Wildman–Crippen LogP) is 2.29. The summed E-state index contributed by atoms with van der Waals surface area (Å²) in [7, 11) is 0. The third kappa shape index (κ3) is 2.05. The quantitative estimate of drug-likeness (QED) is 0.840. The molecule has 2 aliphatic rings. The maximum Gasteiger partial charge on any atom is 0.227 e. The van der Waals surface area contributed by atoms with Gasteiger partial charge in [0.2, 0.25) is 5.91 Å². The molecule has 4 heteroatoms. The minimum atomic E-state index is 0. The topological polar surface area (TPSA) is 46.3 Å². The van der Waals surface area contributed by atoms with Gasteiger partial charge in [-0.05, 0) is 36.6 Å². The summed E-state index contributed by atoms with van der Waals surface area (Å²) in [5.74, 6) is 1.04. The predicted molar refractivity (Wildman–Crippen MR) is 76.6 cm³/mol. The first-order valence-electron chi connectivity index (χ1n) is 6.74. The van der Waals surface area contributed by atoms with Crippen molar-refractivity contribution in [3.8, 4) is 0 Å². The Labute approximate surface area is 117 Å². The van der Waals surface area contributed by atoms with E-state index in [0.717, 1.165) is 13.0 Å². The number of hydrogen-bond acceptors (Lipinski definition) is 2. The van der Waals surface area contributed by atoms with Crippen LogP contribution in [0, 0.1) is 22.7 Å². The number of halogens is 1. The van der Waals surface area contributed by atoms with Crippen molar-refractivity contribution in [3.63, 3.8) is 0 Å². The van der Waals surface area contributed by atoms with Crippen molar-refractivity contribution in [1.29, 1.82) is 0 Å². The van der Waals surface area contributed by atoms with Crippen molar-refractivity contribution in [2.75, 3.05) is 13.1 Å². The van der Waals surface area contributed by atoms with Crippen molar-refractivity contribution < 1.29 is 4.79 Å². The molecule has 2 unspecified atom stereocenters. The van der Waals surface area contributed by atoms with Crippen LogP contribution in [0.4, 0.5) is 0 Å². The molecule has 0 aromatic rings. The maximum atomic E-state index is 12.6. The number of carbonyl (C=O) groups excluding carboxylic acids is 1. The Kier molecular flexibility index (Phi) is 4.10. The molecule has 18 heavy (non-hydrogen) atoms. The summed E-state index contributed by atoms with van der Waals surface area (Å²) in [4.78, 5) is 14.7. The normalized spacial score (nSPS) is 33.1. The number of likely N-dealkylation sites (tertiary alicyclic amines) is 1. The van der Waals surface area contributed by atoms with Crippen molar-refractivity contribution in [2.45, 2.75) is 47.1 Å². The van der Waals surface area contributed by atoms with Crippen LogP contribution in [0.5, 0.6) is 0 Å². The maximum absolute atomic E-state index is 12.6. The van der Waals surface area contributed by atoms with Gasteiger partial charge < -0.3 is 10.6 Å². The molecule has 1 aliphatic carbocycles. The van der Waals surface area contributed by atoms with E-state index in [4.69, 9.17) is 5.73 Å². The summed E-state index contributed by atoms with van der Waals surface area (Å²) in [6, 6.07) is 0.364. The van der Waals surface area contributed by atoms with E-state index in [1.807, 2.05) is 0 Å². The standard InChI is InChI=1S/C14H26N2O.ClH/c1-9-6-10(7-15)8-16(9)12(17)11-13(2,3)14(11,4)5;/h9-11H,6-8,15H2,1-5H3;1H. The van der Waals surface area contributed by atoms with Gasteiger partial charge in [-0.2, -0.15) is 0 Å². The van der Waals surface area contributed by atoms with E-state index in [1.54, 1.807) is 0 Å². The molecule has 0 bridgehead atoms. The first-order valence-corrected chi connectivity index (χ1v) is 6.74. The molecule has 2 fully saturated rings. The molecule has 1 heterocycles. The fraction of sp³-hybridized carbons (Fsp3) is 0.929. The fourth-order valence-electron chi connectivity index (χ4n) is 3.60. The van der Waals surface area contributed by atoms with E-state index >= 15 is 0 Å². The molecular weight excluding hydrogens is 248 g/mol. The average molecular weight is 275 g/mol. The minimum absolute atomic E-state index is 0. The van der Waals surface area contributed by atoms with Crippen molar-refractivity contribution in [1.82, 2.24) is 4.90 Å². The van der Waals surface area contributed by atoms with Crippen LogP contribution in [-0.2, 0) is 4.79 Å². The fourth-order valence-corrected chi connectivity index (χ4v) is 3.60. The van der Waals surface area contributed by atoms with Gasteiger partial charge >= 0.3 is 0 Å². The molecule has 106 valence electrons. The lowest BCUT2D eigenvalue weighted by atomic mass is 10.0. The molecule has 0 radical (unpaired) electrons. The van der Waals surface area contributed by atoms with Gasteiger partial charge in [-0.1, -0.05) is 27.7 Å². The highest BCUT2D eigenvalue weighted by atomic mass is 35.5. The molecule has 3 nitrogen and oxygen atoms in total. The molecule has 0 aromatic heterocycles. The van der Waals surface area contributed by atoms with E-state index in [1.165, 1.54) is 0 Å². The largest absolute Gasteiger partial charge is 0.339 e. The zero-order valence-corrected chi connectivity index (χ0v) is 13.0. The van der Waals surface area contributed by atoms with Crippen LogP contribution in [-0.4, -0.2) is 29.9 Å². The Morgan fingerprint density at radius 2 is 1.78 bits per heavy atom. The Bertz CT molecular complexity index is 327. The van der Waals surface area contributed by atoms with Gasteiger partial charge in [-0.3, -0.25) is 4.79 Å². The summed E-state index contributed by atoms with van der Waals surface area (Å²) < 4.78 is 0. The Balaban J connectivity index is 0.00000162. The van der Waals surface area contributed by atoms with Crippen molar-refractivity contribution >= 4 is 18.3 Å². The lowest BCUT2D eigenvalue weighted by Gasteiger charge is -2.22. The molecule has 1 saturated heterocycles. The summed E-state index contributed by atoms with van der Waals surface area (Å²) in [5.41, 5.74) is 6.01. The molecule has 1 amide bonds. The van der Waals surface area contributed by atoms with E-state index in [2.05, 4.69) is 39.5 Å². The first kappa shape index (κ1) is 15.8. The summed E-state index contributed by atoms with van der Waals surface area (Å²) in [5, 5.41) is 0. The lowest BCUT2D eigenvalue weighted by molar-refractivity contribution is -0.134. The summed E-state index contributed by atoms with van der Waals surface area (Å²) in [6.45, 7) is 12.5. The van der Waals surface area contributed by atoms with Crippen LogP contribution in [0.3, 0.4) is 0 Å². The molecule has 1 saturated carbocycles. The van der Waals surface area contributed by atoms with Crippen molar-refractivity contribution in [3.05, 3.63) is 0 Å². The van der Waals surface area contributed by atoms with Crippen molar-refractivity contribution in [2.24, 2.45) is 28.4 Å². The van der Waals surface area contributed by atoms with E-state index in [-0.39, 0.29) is 29.2 Å². The van der Waals surface area contributed by atoms with Crippen LogP contribution >= 0.6 is 12.4 Å². The molecule has 2 N–H and O–H groups in total. The monoisotopic (exact) mass is 274 g/mol. The number of amides is 1. The highest BCUT2D eigenvalue weighted by Crippen LogP contribution is 2.69. The van der Waals surface area contributed by atoms with Crippen LogP contribution in [0.15, 0.2) is 0 Å². The van der Waals surface area contributed by atoms with Gasteiger partial charge in [0, 0.05) is 18.5 Å². The Morgan fingerprint density at radius 3 is 2.11 bits per heavy atom. The SMILES string of the molecule is CC1CC(CN)CN1C(=O)C1C(C)(C)C1(C)C.Cl. The average Bonchev–Trinajstić information content (AvgIpc) is 2.55. The van der Waals surface area contributed by atoms with Gasteiger partial charge in [-0.25, -0.2) is 0 Å². The zero-order valence-electron chi connectivity index (χ0n) is 12.2. The smallest absolute Gasteiger partial charge is 0.227 e. The highest BCUT2D eigenvalue weighted by Gasteiger charge is 2.69. The van der Waals surface area contributed by atoms with Gasteiger partial charge in [0.15, 0.2) is 0 Å². The first-order chi connectivity index (χ1) is 7.73. The molecule has 2 rings (SSSR count). The van der Waals surface area contributed by atoms with Gasteiger partial charge in [0.25, 0.3) is 0 Å². The number of hydrogen-bond donors (Lipinski definition) is 1. The third-order valence-corrected chi connectivity index (χ3v) is 5.55. The van der Waals surface area contributed by atoms with Crippen LogP contribution in [0.2, 0.25) is 0 Å². The molecule has 0 spiro atoms. The molecular formula is C14H27ClN2O. The summed E-state index contributed by atoms with van der Waals surface area (Å²) >= 11 is 0. The third-order valence-electron chi connectivity index (χ3n) is 5.55. The van der Waals surface area contributed by atoms with Crippen LogP contribution < -0.4 is 5.73 Å². The Morgan fingerprint density at radius 1 is 1.28 bits per heavy atom. The highest BCUT2D eigenvalue weighted by molar-refractivity contribution is 5.85. The minimum Gasteiger partial charge on any atom is -0.339 e. The van der Waals surface area contributed by atoms with E-state index in [0.29, 0.717) is 24.4 Å². The molecule has 1 aliphatic heterocycles. The van der Waals surface area contributed by atoms with Crippen LogP contribution in [0.1, 0.15) is 41.0 Å². The molecule has 2 atom stereocenters. The van der Waals surface area contributed by atoms with Gasteiger partial charge in [0.05, 0.1) is 0 Å². The lowest BCUT2D eigenvalue weighted by Crippen LogP contribution is -2.37. The second-order valence-electron chi connectivity index (χ2n) is 7.05. The van der Waals surface area contributed by atoms with Gasteiger partial charge in [-0.15, -0.1) is 12.4 Å². The van der Waals surface area contributed by atoms with Gasteiger partial charge in [0.1, 0.15) is 0 Å². The van der Waals surface area contributed by atoms with E-state index < -0.39 is 0 Å². The summed E-state index contributed by atoms with van der Waals surface area (Å²) in [6.07, 6.45) is 1.07. The van der Waals surface area contributed by atoms with E-state index in [9.17, 15) is 4.79 Å². The molecule has 0 aromatic carbocycles. The number of carbonyl (C=O) groups is 1. The number of rotatable bonds is 2.